The monoisotopic (exact) mass is 351 g/mol. The highest BCUT2D eigenvalue weighted by Crippen LogP contribution is 2.45. The van der Waals surface area contributed by atoms with Gasteiger partial charge < -0.3 is 4.42 Å². The first-order chi connectivity index (χ1) is 10.2. The van der Waals surface area contributed by atoms with Gasteiger partial charge in [-0.2, -0.15) is 0 Å². The van der Waals surface area contributed by atoms with E-state index in [0.29, 0.717) is 11.1 Å². The predicted molar refractivity (Wildman–Crippen MR) is 79.8 cm³/mol. The summed E-state index contributed by atoms with van der Waals surface area (Å²) < 4.78 is 5.43. The zero-order valence-corrected chi connectivity index (χ0v) is 13.0. The normalized spacial score (nSPS) is 28.6. The quantitative estimate of drug-likeness (QED) is 0.583. The molecule has 1 aromatic carbocycles. The maximum absolute atomic E-state index is 12.3. The second kappa shape index (κ2) is 4.91. The first-order valence-electron chi connectivity index (χ1n) is 6.93. The van der Waals surface area contributed by atoms with E-state index in [-0.39, 0.29) is 23.9 Å². The van der Waals surface area contributed by atoms with E-state index in [1.165, 1.54) is 0 Å². The largest absolute Gasteiger partial charge is 0.422 e. The van der Waals surface area contributed by atoms with Crippen molar-refractivity contribution in [2.24, 2.45) is 0 Å². The van der Waals surface area contributed by atoms with Gasteiger partial charge in [0.1, 0.15) is 11.7 Å². The minimum absolute atomic E-state index is 0.0409. The number of nitrogens with zero attached hydrogens (tertiary/aromatic N) is 1. The Morgan fingerprint density at radius 1 is 1.29 bits per heavy atom. The van der Waals surface area contributed by atoms with E-state index in [0.717, 1.165) is 22.7 Å². The van der Waals surface area contributed by atoms with Crippen LogP contribution in [0, 0.1) is 0 Å². The van der Waals surface area contributed by atoms with Crippen molar-refractivity contribution < 1.29 is 14.1 Å². The van der Waals surface area contributed by atoms with E-state index >= 15 is 0 Å². The molecule has 0 amide bonds. The molecule has 3 atom stereocenters. The van der Waals surface area contributed by atoms with Crippen LogP contribution in [0.3, 0.4) is 0 Å². The highest BCUT2D eigenvalue weighted by molar-refractivity contribution is 9.09. The maximum Gasteiger partial charge on any atom is 0.342 e. The zero-order chi connectivity index (χ0) is 14.6. The topological polar surface area (TPSA) is 51.9 Å². The molecule has 0 radical (unpaired) electrons. The number of hydroxylamine groups is 2. The molecule has 5 nitrogen and oxygen atoms in total. The molecule has 3 heterocycles. The fourth-order valence-corrected chi connectivity index (χ4v) is 3.53. The molecule has 4 rings (SSSR count). The van der Waals surface area contributed by atoms with E-state index in [1.54, 1.807) is 5.23 Å². The third kappa shape index (κ3) is 1.97. The molecule has 110 valence electrons. The van der Waals surface area contributed by atoms with Crippen LogP contribution in [0.1, 0.15) is 36.6 Å². The number of hydrogen-bond acceptors (Lipinski definition) is 5. The van der Waals surface area contributed by atoms with E-state index in [2.05, 4.69) is 15.9 Å². The highest BCUT2D eigenvalue weighted by Gasteiger charge is 2.44. The van der Waals surface area contributed by atoms with Gasteiger partial charge in [-0.05, 0) is 18.6 Å². The van der Waals surface area contributed by atoms with Gasteiger partial charge in [0.25, 0.3) is 0 Å². The number of benzene rings is 1. The molecular formula is C15H14BrNO4. The van der Waals surface area contributed by atoms with Crippen LogP contribution in [0.25, 0.3) is 11.0 Å². The Morgan fingerprint density at radius 3 is 2.90 bits per heavy atom. The summed E-state index contributed by atoms with van der Waals surface area (Å²) in [4.78, 5) is 23.8. The van der Waals surface area contributed by atoms with Crippen LogP contribution in [0.15, 0.2) is 33.5 Å². The SMILES string of the molecule is C[C@@H]1ON2O[C@@H](CBr)C[C@H]2c2c1c(=O)oc1ccccc21. The number of para-hydroxylation sites is 1. The van der Waals surface area contributed by atoms with Gasteiger partial charge in [0.15, 0.2) is 0 Å². The van der Waals surface area contributed by atoms with Gasteiger partial charge in [-0.25, -0.2) is 4.79 Å². The highest BCUT2D eigenvalue weighted by atomic mass is 79.9. The molecule has 2 aliphatic heterocycles. The summed E-state index contributed by atoms with van der Waals surface area (Å²) in [6.07, 6.45) is 0.434. The molecule has 1 aromatic heterocycles. The lowest BCUT2D eigenvalue weighted by molar-refractivity contribution is -0.393. The summed E-state index contributed by atoms with van der Waals surface area (Å²) in [5.74, 6) is 0. The smallest absolute Gasteiger partial charge is 0.342 e. The average molecular weight is 352 g/mol. The molecule has 0 spiro atoms. The molecule has 2 aromatic rings. The van der Waals surface area contributed by atoms with Gasteiger partial charge in [0, 0.05) is 17.1 Å². The Labute approximate surface area is 129 Å². The summed E-state index contributed by atoms with van der Waals surface area (Å²) >= 11 is 3.44. The molecule has 21 heavy (non-hydrogen) atoms. The molecule has 0 unspecified atom stereocenters. The Kier molecular flexibility index (Phi) is 3.15. The lowest BCUT2D eigenvalue weighted by Crippen LogP contribution is -2.34. The van der Waals surface area contributed by atoms with Crippen LogP contribution in [-0.2, 0) is 9.68 Å². The fraction of sp³-hybridized carbons (Fsp3) is 0.400. The summed E-state index contributed by atoms with van der Waals surface area (Å²) in [7, 11) is 0. The van der Waals surface area contributed by atoms with Crippen molar-refractivity contribution in [1.29, 1.82) is 0 Å². The van der Waals surface area contributed by atoms with Crippen LogP contribution in [-0.4, -0.2) is 16.7 Å². The molecule has 1 saturated heterocycles. The molecule has 0 N–H and O–H groups in total. The lowest BCUT2D eigenvalue weighted by atomic mass is 9.92. The standard InChI is InChI=1S/C15H14BrNO4/c1-8-13-14(11-6-9(7-16)21-17(11)20-8)10-4-2-3-5-12(10)19-15(13)18/h2-5,8-9,11H,6-7H2,1H3/t8-,9+,11-/m0/s1. The average Bonchev–Trinajstić information content (AvgIpc) is 2.89. The Hall–Kier alpha value is -1.21. The summed E-state index contributed by atoms with van der Waals surface area (Å²) in [6.45, 7) is 1.84. The van der Waals surface area contributed by atoms with Crippen LogP contribution < -0.4 is 5.63 Å². The van der Waals surface area contributed by atoms with Gasteiger partial charge >= 0.3 is 5.63 Å². The van der Waals surface area contributed by atoms with Crippen molar-refractivity contribution in [2.75, 3.05) is 5.33 Å². The Bertz CT molecular complexity index is 759. The van der Waals surface area contributed by atoms with Crippen molar-refractivity contribution in [3.05, 3.63) is 45.8 Å². The first kappa shape index (κ1) is 13.5. The second-order valence-corrected chi connectivity index (χ2v) is 6.03. The van der Waals surface area contributed by atoms with Crippen molar-refractivity contribution in [3.63, 3.8) is 0 Å². The van der Waals surface area contributed by atoms with Crippen molar-refractivity contribution in [2.45, 2.75) is 31.6 Å². The van der Waals surface area contributed by atoms with Crippen LogP contribution in [0.5, 0.6) is 0 Å². The van der Waals surface area contributed by atoms with E-state index in [1.807, 2.05) is 31.2 Å². The molecule has 1 fully saturated rings. The summed E-state index contributed by atoms with van der Waals surface area (Å²) in [6, 6.07) is 7.54. The van der Waals surface area contributed by atoms with Crippen molar-refractivity contribution in [3.8, 4) is 0 Å². The number of hydrogen-bond donors (Lipinski definition) is 0. The van der Waals surface area contributed by atoms with E-state index in [4.69, 9.17) is 14.1 Å². The molecule has 6 heteroatoms. The maximum atomic E-state index is 12.3. The van der Waals surface area contributed by atoms with Gasteiger partial charge in [-0.3, -0.25) is 9.68 Å². The lowest BCUT2D eigenvalue weighted by Gasteiger charge is -2.32. The van der Waals surface area contributed by atoms with Crippen LogP contribution in [0.4, 0.5) is 0 Å². The minimum atomic E-state index is -0.383. The van der Waals surface area contributed by atoms with Gasteiger partial charge in [-0.15, -0.1) is 0 Å². The first-order valence-corrected chi connectivity index (χ1v) is 8.05. The summed E-state index contributed by atoms with van der Waals surface area (Å²) in [5, 5.41) is 3.23. The minimum Gasteiger partial charge on any atom is -0.422 e. The number of fused-ring (bicyclic) bond motifs is 5. The Morgan fingerprint density at radius 2 is 2.10 bits per heavy atom. The number of halogens is 1. The number of alkyl halides is 1. The van der Waals surface area contributed by atoms with Crippen molar-refractivity contribution >= 4 is 26.9 Å². The molecule has 2 aliphatic rings. The van der Waals surface area contributed by atoms with Crippen LogP contribution in [0.2, 0.25) is 0 Å². The molecule has 0 bridgehead atoms. The summed E-state index contributed by atoms with van der Waals surface area (Å²) in [5.41, 5.74) is 1.87. The van der Waals surface area contributed by atoms with E-state index in [9.17, 15) is 4.79 Å². The third-order valence-electron chi connectivity index (χ3n) is 4.06. The molecular weight excluding hydrogens is 338 g/mol. The predicted octanol–water partition coefficient (Wildman–Crippen LogP) is 3.24. The fourth-order valence-electron chi connectivity index (χ4n) is 3.15. The van der Waals surface area contributed by atoms with Gasteiger partial charge in [-0.1, -0.05) is 39.4 Å². The third-order valence-corrected chi connectivity index (χ3v) is 4.78. The van der Waals surface area contributed by atoms with Crippen LogP contribution >= 0.6 is 15.9 Å². The van der Waals surface area contributed by atoms with Gasteiger partial charge in [0.05, 0.1) is 17.7 Å². The zero-order valence-electron chi connectivity index (χ0n) is 11.4. The molecule has 0 aliphatic carbocycles. The second-order valence-electron chi connectivity index (χ2n) is 5.38. The van der Waals surface area contributed by atoms with E-state index < -0.39 is 0 Å². The Balaban J connectivity index is 1.99. The van der Waals surface area contributed by atoms with Gasteiger partial charge in [0.2, 0.25) is 0 Å². The van der Waals surface area contributed by atoms with Crippen molar-refractivity contribution in [1.82, 2.24) is 5.23 Å². The molecule has 0 saturated carbocycles. The number of rotatable bonds is 1.